The second-order valence-electron chi connectivity index (χ2n) is 5.89. The van der Waals surface area contributed by atoms with Gasteiger partial charge in [0, 0.05) is 24.6 Å². The van der Waals surface area contributed by atoms with E-state index in [1.54, 1.807) is 11.3 Å². The minimum Gasteiger partial charge on any atom is -0.454 e. The molecule has 0 amide bonds. The molecule has 3 heterocycles. The number of fused-ring (bicyclic) bond motifs is 1. The summed E-state index contributed by atoms with van der Waals surface area (Å²) in [6.45, 7) is 4.06. The van der Waals surface area contributed by atoms with Gasteiger partial charge in [-0.05, 0) is 37.5 Å². The summed E-state index contributed by atoms with van der Waals surface area (Å²) in [5.74, 6) is 1.65. The summed E-state index contributed by atoms with van der Waals surface area (Å²) in [5.41, 5.74) is 2.26. The largest absolute Gasteiger partial charge is 0.454 e. The van der Waals surface area contributed by atoms with E-state index in [-0.39, 0.29) is 12.1 Å². The van der Waals surface area contributed by atoms with Gasteiger partial charge in [0.25, 0.3) is 0 Å². The summed E-state index contributed by atoms with van der Waals surface area (Å²) in [7, 11) is 0. The summed E-state index contributed by atoms with van der Waals surface area (Å²) in [4.78, 5) is 4.70. The lowest BCUT2D eigenvalue weighted by Gasteiger charge is -2.14. The van der Waals surface area contributed by atoms with Crippen LogP contribution in [0.15, 0.2) is 23.6 Å². The number of nitrogens with zero attached hydrogens (tertiary/aromatic N) is 1. The molecule has 2 atom stereocenters. The van der Waals surface area contributed by atoms with Crippen LogP contribution in [-0.2, 0) is 11.3 Å². The van der Waals surface area contributed by atoms with Crippen molar-refractivity contribution in [1.29, 1.82) is 0 Å². The minimum absolute atomic E-state index is 0.208. The van der Waals surface area contributed by atoms with Gasteiger partial charge >= 0.3 is 0 Å². The predicted octanol–water partition coefficient (Wildman–Crippen LogP) is 3.57. The van der Waals surface area contributed by atoms with Crippen LogP contribution in [0, 0.1) is 0 Å². The summed E-state index contributed by atoms with van der Waals surface area (Å²) >= 11 is 1.70. The minimum atomic E-state index is 0.208. The fourth-order valence-electron chi connectivity index (χ4n) is 2.88. The zero-order chi connectivity index (χ0) is 15.6. The van der Waals surface area contributed by atoms with Crippen LogP contribution in [0.5, 0.6) is 11.5 Å². The third-order valence-corrected chi connectivity index (χ3v) is 5.25. The van der Waals surface area contributed by atoms with Gasteiger partial charge in [-0.1, -0.05) is 6.07 Å². The van der Waals surface area contributed by atoms with Crippen molar-refractivity contribution >= 4 is 11.3 Å². The summed E-state index contributed by atoms with van der Waals surface area (Å²) in [6, 6.07) is 6.30. The van der Waals surface area contributed by atoms with Crippen LogP contribution in [0.1, 0.15) is 48.2 Å². The lowest BCUT2D eigenvalue weighted by Crippen LogP contribution is -2.18. The molecule has 0 spiro atoms. The van der Waals surface area contributed by atoms with Crippen molar-refractivity contribution in [2.24, 2.45) is 0 Å². The first-order valence-corrected chi connectivity index (χ1v) is 8.86. The molecule has 1 N–H and O–H groups in total. The highest BCUT2D eigenvalue weighted by Crippen LogP contribution is 2.34. The fraction of sp³-hybridized carbons (Fsp3) is 0.471. The smallest absolute Gasteiger partial charge is 0.231 e. The average Bonchev–Trinajstić information content (AvgIpc) is 3.32. The average molecular weight is 332 g/mol. The Hall–Kier alpha value is -1.63. The molecular formula is C17H20N2O3S. The van der Waals surface area contributed by atoms with Gasteiger partial charge in [0.15, 0.2) is 11.5 Å². The maximum atomic E-state index is 5.69. The van der Waals surface area contributed by atoms with Crippen LogP contribution in [0.2, 0.25) is 0 Å². The van der Waals surface area contributed by atoms with E-state index in [9.17, 15) is 0 Å². The van der Waals surface area contributed by atoms with E-state index in [0.717, 1.165) is 48.2 Å². The van der Waals surface area contributed by atoms with E-state index in [0.29, 0.717) is 6.79 Å². The maximum absolute atomic E-state index is 5.69. The molecule has 1 saturated heterocycles. The van der Waals surface area contributed by atoms with Crippen molar-refractivity contribution in [2.45, 2.75) is 38.5 Å². The molecule has 6 heteroatoms. The standard InChI is InChI=1S/C17H20N2O3S/c1-11(12-4-5-14-16(7-12)22-10-21-14)18-8-13-9-23-17(19-13)15-3-2-6-20-15/h4-5,7,9,11,15,18H,2-3,6,8,10H2,1H3/t11-,15-/m1/s1. The highest BCUT2D eigenvalue weighted by atomic mass is 32.1. The molecule has 1 aromatic heterocycles. The molecule has 5 nitrogen and oxygen atoms in total. The number of hydrogen-bond donors (Lipinski definition) is 1. The zero-order valence-electron chi connectivity index (χ0n) is 13.1. The predicted molar refractivity (Wildman–Crippen MR) is 87.9 cm³/mol. The van der Waals surface area contributed by atoms with Gasteiger partial charge in [-0.2, -0.15) is 0 Å². The number of thiazole rings is 1. The van der Waals surface area contributed by atoms with Crippen molar-refractivity contribution in [1.82, 2.24) is 10.3 Å². The van der Waals surface area contributed by atoms with Crippen molar-refractivity contribution in [2.75, 3.05) is 13.4 Å². The van der Waals surface area contributed by atoms with Crippen LogP contribution in [0.4, 0.5) is 0 Å². The van der Waals surface area contributed by atoms with E-state index in [1.165, 1.54) is 5.56 Å². The van der Waals surface area contributed by atoms with E-state index in [1.807, 2.05) is 12.1 Å². The summed E-state index contributed by atoms with van der Waals surface area (Å²) in [5, 5.41) is 6.75. The second kappa shape index (κ2) is 6.47. The Kier molecular flexibility index (Phi) is 4.20. The van der Waals surface area contributed by atoms with Gasteiger partial charge in [-0.25, -0.2) is 4.98 Å². The Morgan fingerprint density at radius 3 is 3.13 bits per heavy atom. The van der Waals surface area contributed by atoms with Gasteiger partial charge in [0.05, 0.1) is 5.69 Å². The van der Waals surface area contributed by atoms with Crippen LogP contribution < -0.4 is 14.8 Å². The molecule has 2 aromatic rings. The number of rotatable bonds is 5. The lowest BCUT2D eigenvalue weighted by atomic mass is 10.1. The Labute approximate surface area is 139 Å². The van der Waals surface area contributed by atoms with Gasteiger partial charge < -0.3 is 19.5 Å². The molecule has 1 fully saturated rings. The van der Waals surface area contributed by atoms with Crippen LogP contribution in [0.25, 0.3) is 0 Å². The van der Waals surface area contributed by atoms with Gasteiger partial charge in [0.1, 0.15) is 11.1 Å². The van der Waals surface area contributed by atoms with Crippen molar-refractivity contribution in [3.8, 4) is 11.5 Å². The number of benzene rings is 1. The molecule has 0 radical (unpaired) electrons. The zero-order valence-corrected chi connectivity index (χ0v) is 13.9. The quantitative estimate of drug-likeness (QED) is 0.907. The SMILES string of the molecule is C[C@@H](NCc1csc([C@H]2CCCO2)n1)c1ccc2c(c1)OCO2. The number of hydrogen-bond acceptors (Lipinski definition) is 6. The Balaban J connectivity index is 1.37. The Morgan fingerprint density at radius 2 is 2.26 bits per heavy atom. The molecule has 0 bridgehead atoms. The van der Waals surface area contributed by atoms with Crippen molar-refractivity contribution < 1.29 is 14.2 Å². The highest BCUT2D eigenvalue weighted by Gasteiger charge is 2.21. The Bertz CT molecular complexity index is 682. The molecule has 2 aliphatic heterocycles. The van der Waals surface area contributed by atoms with Crippen LogP contribution >= 0.6 is 11.3 Å². The van der Waals surface area contributed by atoms with Gasteiger partial charge in [0.2, 0.25) is 6.79 Å². The van der Waals surface area contributed by atoms with Crippen LogP contribution in [-0.4, -0.2) is 18.4 Å². The first-order valence-electron chi connectivity index (χ1n) is 7.98. The van der Waals surface area contributed by atoms with Gasteiger partial charge in [-0.15, -0.1) is 11.3 Å². The van der Waals surface area contributed by atoms with Crippen molar-refractivity contribution in [3.05, 3.63) is 39.8 Å². The molecule has 122 valence electrons. The summed E-state index contributed by atoms with van der Waals surface area (Å²) in [6.07, 6.45) is 2.44. The third-order valence-electron chi connectivity index (χ3n) is 4.26. The van der Waals surface area contributed by atoms with Crippen molar-refractivity contribution in [3.63, 3.8) is 0 Å². The second-order valence-corrected chi connectivity index (χ2v) is 6.78. The van der Waals surface area contributed by atoms with Gasteiger partial charge in [-0.3, -0.25) is 0 Å². The molecule has 0 aliphatic carbocycles. The highest BCUT2D eigenvalue weighted by molar-refractivity contribution is 7.09. The molecule has 1 aromatic carbocycles. The molecule has 23 heavy (non-hydrogen) atoms. The first-order chi connectivity index (χ1) is 11.3. The third kappa shape index (κ3) is 3.20. The molecule has 0 saturated carbocycles. The maximum Gasteiger partial charge on any atom is 0.231 e. The lowest BCUT2D eigenvalue weighted by molar-refractivity contribution is 0.111. The summed E-state index contributed by atoms with van der Waals surface area (Å²) < 4.78 is 16.5. The first kappa shape index (κ1) is 14.9. The monoisotopic (exact) mass is 332 g/mol. The number of nitrogens with one attached hydrogen (secondary N) is 1. The molecule has 0 unspecified atom stereocenters. The number of ether oxygens (including phenoxy) is 3. The fourth-order valence-corrected chi connectivity index (χ4v) is 3.78. The number of aromatic nitrogens is 1. The normalized spacial score (nSPS) is 20.8. The van der Waals surface area contributed by atoms with E-state index in [4.69, 9.17) is 19.2 Å². The Morgan fingerprint density at radius 1 is 1.35 bits per heavy atom. The van der Waals surface area contributed by atoms with Crippen LogP contribution in [0.3, 0.4) is 0 Å². The van der Waals surface area contributed by atoms with E-state index in [2.05, 4.69) is 23.7 Å². The molecule has 4 rings (SSSR count). The topological polar surface area (TPSA) is 52.6 Å². The van der Waals surface area contributed by atoms with E-state index < -0.39 is 0 Å². The van der Waals surface area contributed by atoms with E-state index >= 15 is 0 Å². The molecular weight excluding hydrogens is 312 g/mol. The molecule has 2 aliphatic rings.